The average molecular weight is 390 g/mol. The Balaban J connectivity index is 1.74. The van der Waals surface area contributed by atoms with Crippen molar-refractivity contribution in [3.63, 3.8) is 0 Å². The first-order valence-corrected chi connectivity index (χ1v) is 9.50. The monoisotopic (exact) mass is 390 g/mol. The lowest BCUT2D eigenvalue weighted by Crippen LogP contribution is -2.31. The van der Waals surface area contributed by atoms with Gasteiger partial charge in [0.2, 0.25) is 5.91 Å². The Morgan fingerprint density at radius 1 is 0.931 bits per heavy atom. The fourth-order valence-corrected chi connectivity index (χ4v) is 3.01. The Labute approximate surface area is 170 Å². The minimum Gasteiger partial charge on any atom is -0.306 e. The van der Waals surface area contributed by atoms with E-state index in [0.29, 0.717) is 16.9 Å². The number of hydrogen-bond acceptors (Lipinski definition) is 3. The summed E-state index contributed by atoms with van der Waals surface area (Å²) in [6.07, 6.45) is 1.84. The molecule has 0 aliphatic rings. The number of anilines is 1. The van der Waals surface area contributed by atoms with E-state index < -0.39 is 0 Å². The third-order valence-electron chi connectivity index (χ3n) is 4.88. The third kappa shape index (κ3) is 5.35. The highest BCUT2D eigenvalue weighted by Gasteiger charge is 2.19. The molecule has 0 N–H and O–H groups in total. The van der Waals surface area contributed by atoms with E-state index in [0.717, 1.165) is 11.1 Å². The Morgan fingerprint density at radius 2 is 1.69 bits per heavy atom. The number of rotatable bonds is 7. The molecule has 3 rings (SSSR count). The van der Waals surface area contributed by atoms with E-state index in [2.05, 4.69) is 4.98 Å². The number of carbonyl (C=O) groups is 2. The van der Waals surface area contributed by atoms with Crippen molar-refractivity contribution < 1.29 is 14.0 Å². The van der Waals surface area contributed by atoms with Crippen molar-refractivity contribution in [2.45, 2.75) is 33.2 Å². The second kappa shape index (κ2) is 9.24. The molecule has 148 valence electrons. The molecule has 2 aromatic carbocycles. The zero-order chi connectivity index (χ0) is 20.8. The summed E-state index contributed by atoms with van der Waals surface area (Å²) in [7, 11) is 0. The van der Waals surface area contributed by atoms with Gasteiger partial charge >= 0.3 is 0 Å². The van der Waals surface area contributed by atoms with Crippen molar-refractivity contribution in [1.29, 1.82) is 0 Å². The van der Waals surface area contributed by atoms with Crippen molar-refractivity contribution in [3.05, 3.63) is 95.1 Å². The maximum absolute atomic E-state index is 13.3. The van der Waals surface area contributed by atoms with E-state index in [1.807, 2.05) is 38.1 Å². The van der Waals surface area contributed by atoms with Gasteiger partial charge in [0.1, 0.15) is 5.82 Å². The topological polar surface area (TPSA) is 50.3 Å². The molecule has 0 fully saturated rings. The van der Waals surface area contributed by atoms with Crippen LogP contribution >= 0.6 is 0 Å². The largest absolute Gasteiger partial charge is 0.306 e. The molecule has 1 heterocycles. The highest BCUT2D eigenvalue weighted by Crippen LogP contribution is 2.20. The Hall–Kier alpha value is -3.34. The van der Waals surface area contributed by atoms with Gasteiger partial charge < -0.3 is 4.90 Å². The smallest absolute Gasteiger partial charge is 0.227 e. The van der Waals surface area contributed by atoms with Gasteiger partial charge in [-0.1, -0.05) is 18.2 Å². The molecule has 0 spiro atoms. The van der Waals surface area contributed by atoms with Gasteiger partial charge in [0, 0.05) is 30.3 Å². The number of pyridine rings is 1. The zero-order valence-corrected chi connectivity index (χ0v) is 16.6. The van der Waals surface area contributed by atoms with E-state index in [-0.39, 0.29) is 36.9 Å². The highest BCUT2D eigenvalue weighted by atomic mass is 19.1. The van der Waals surface area contributed by atoms with E-state index in [9.17, 15) is 14.0 Å². The van der Waals surface area contributed by atoms with Crippen molar-refractivity contribution in [2.75, 3.05) is 4.90 Å². The highest BCUT2D eigenvalue weighted by molar-refractivity contribution is 6.00. The third-order valence-corrected chi connectivity index (χ3v) is 4.88. The quantitative estimate of drug-likeness (QED) is 0.532. The van der Waals surface area contributed by atoms with Crippen LogP contribution in [0.5, 0.6) is 0 Å². The van der Waals surface area contributed by atoms with Gasteiger partial charge in [-0.05, 0) is 67.4 Å². The zero-order valence-electron chi connectivity index (χ0n) is 16.6. The van der Waals surface area contributed by atoms with Gasteiger partial charge in [0.15, 0.2) is 5.78 Å². The second-order valence-corrected chi connectivity index (χ2v) is 7.00. The van der Waals surface area contributed by atoms with Crippen LogP contribution in [0.2, 0.25) is 0 Å². The van der Waals surface area contributed by atoms with Gasteiger partial charge in [-0.2, -0.15) is 0 Å². The summed E-state index contributed by atoms with van der Waals surface area (Å²) in [6, 6.07) is 16.8. The summed E-state index contributed by atoms with van der Waals surface area (Å²) in [5.74, 6) is -0.651. The molecule has 29 heavy (non-hydrogen) atoms. The minimum absolute atomic E-state index is 0.0654. The molecular formula is C24H23FN2O2. The normalized spacial score (nSPS) is 10.6. The fraction of sp³-hybridized carbons (Fsp3) is 0.208. The molecule has 4 nitrogen and oxygen atoms in total. The fourth-order valence-electron chi connectivity index (χ4n) is 3.01. The molecule has 0 saturated heterocycles. The van der Waals surface area contributed by atoms with Crippen LogP contribution in [-0.2, 0) is 11.3 Å². The second-order valence-electron chi connectivity index (χ2n) is 7.00. The predicted molar refractivity (Wildman–Crippen MR) is 111 cm³/mol. The lowest BCUT2D eigenvalue weighted by Gasteiger charge is -2.22. The lowest BCUT2D eigenvalue weighted by atomic mass is 10.0. The van der Waals surface area contributed by atoms with Crippen LogP contribution in [-0.4, -0.2) is 16.7 Å². The molecule has 1 aromatic heterocycles. The summed E-state index contributed by atoms with van der Waals surface area (Å²) >= 11 is 0. The van der Waals surface area contributed by atoms with Crippen LogP contribution in [0.15, 0.2) is 66.9 Å². The standard InChI is InChI=1S/C24H23FN2O2/c1-17-6-7-19(15-18(17)2)23(28)12-13-24(29)27(16-21-5-3-4-14-26-21)22-10-8-20(25)9-11-22/h3-11,14-15H,12-13,16H2,1-2H3. The van der Waals surface area contributed by atoms with Crippen LogP contribution < -0.4 is 4.90 Å². The number of nitrogens with zero attached hydrogens (tertiary/aromatic N) is 2. The Bertz CT molecular complexity index is 1000. The molecule has 0 unspecified atom stereocenters. The molecule has 0 bridgehead atoms. The van der Waals surface area contributed by atoms with Gasteiger partial charge in [-0.25, -0.2) is 4.39 Å². The SMILES string of the molecule is Cc1ccc(C(=O)CCC(=O)N(Cc2ccccn2)c2ccc(F)cc2)cc1C. The summed E-state index contributed by atoms with van der Waals surface area (Å²) in [6.45, 7) is 4.20. The Morgan fingerprint density at radius 3 is 2.34 bits per heavy atom. The molecule has 0 radical (unpaired) electrons. The van der Waals surface area contributed by atoms with E-state index >= 15 is 0 Å². The summed E-state index contributed by atoms with van der Waals surface area (Å²) < 4.78 is 13.3. The number of benzene rings is 2. The van der Waals surface area contributed by atoms with Crippen LogP contribution in [0.4, 0.5) is 10.1 Å². The molecular weight excluding hydrogens is 367 g/mol. The number of aryl methyl sites for hydroxylation is 2. The molecule has 0 saturated carbocycles. The number of amides is 1. The number of carbonyl (C=O) groups excluding carboxylic acids is 2. The van der Waals surface area contributed by atoms with Crippen LogP contribution in [0.25, 0.3) is 0 Å². The Kier molecular flexibility index (Phi) is 6.50. The summed E-state index contributed by atoms with van der Waals surface area (Å²) in [5.41, 5.74) is 4.06. The van der Waals surface area contributed by atoms with Gasteiger partial charge in [-0.3, -0.25) is 14.6 Å². The first-order valence-electron chi connectivity index (χ1n) is 9.50. The van der Waals surface area contributed by atoms with Gasteiger partial charge in [0.25, 0.3) is 0 Å². The number of aromatic nitrogens is 1. The van der Waals surface area contributed by atoms with Gasteiger partial charge in [0.05, 0.1) is 12.2 Å². The summed E-state index contributed by atoms with van der Waals surface area (Å²) in [5, 5.41) is 0. The lowest BCUT2D eigenvalue weighted by molar-refractivity contribution is -0.118. The molecule has 0 atom stereocenters. The van der Waals surface area contributed by atoms with Crippen LogP contribution in [0, 0.1) is 19.7 Å². The van der Waals surface area contributed by atoms with Crippen molar-refractivity contribution in [3.8, 4) is 0 Å². The van der Waals surface area contributed by atoms with Gasteiger partial charge in [-0.15, -0.1) is 0 Å². The maximum Gasteiger partial charge on any atom is 0.227 e. The molecule has 0 aliphatic heterocycles. The summed E-state index contributed by atoms with van der Waals surface area (Å²) in [4.78, 5) is 31.3. The predicted octanol–water partition coefficient (Wildman–Crippen LogP) is 5.03. The number of ketones is 1. The molecule has 5 heteroatoms. The molecule has 3 aromatic rings. The van der Waals surface area contributed by atoms with E-state index in [1.54, 1.807) is 30.5 Å². The van der Waals surface area contributed by atoms with Crippen LogP contribution in [0.3, 0.4) is 0 Å². The van der Waals surface area contributed by atoms with E-state index in [4.69, 9.17) is 0 Å². The maximum atomic E-state index is 13.3. The minimum atomic E-state index is -0.371. The first-order chi connectivity index (χ1) is 13.9. The van der Waals surface area contributed by atoms with Crippen LogP contribution in [0.1, 0.15) is 40.0 Å². The molecule has 0 aliphatic carbocycles. The average Bonchev–Trinajstić information content (AvgIpc) is 2.73. The number of Topliss-reactive ketones (excluding diaryl/α,β-unsaturated/α-hetero) is 1. The number of hydrogen-bond donors (Lipinski definition) is 0. The van der Waals surface area contributed by atoms with Crippen molar-refractivity contribution >= 4 is 17.4 Å². The molecule has 1 amide bonds. The first kappa shape index (κ1) is 20.4. The van der Waals surface area contributed by atoms with E-state index in [1.165, 1.54) is 17.0 Å². The number of halogens is 1. The van der Waals surface area contributed by atoms with Crippen molar-refractivity contribution in [1.82, 2.24) is 4.98 Å². The van der Waals surface area contributed by atoms with Crippen molar-refractivity contribution in [2.24, 2.45) is 0 Å².